The van der Waals surface area contributed by atoms with Crippen molar-refractivity contribution in [3.63, 3.8) is 0 Å². The number of rotatable bonds is 6. The van der Waals surface area contributed by atoms with Gasteiger partial charge < -0.3 is 9.68 Å². The van der Waals surface area contributed by atoms with Crippen LogP contribution in [0, 0.1) is 10.8 Å². The van der Waals surface area contributed by atoms with Crippen LogP contribution in [0.2, 0.25) is 0 Å². The lowest BCUT2D eigenvalue weighted by atomic mass is 9.98. The highest BCUT2D eigenvalue weighted by Crippen LogP contribution is 2.10. The quantitative estimate of drug-likeness (QED) is 0.565. The normalized spacial score (nSPS) is 12.1. The van der Waals surface area contributed by atoms with Crippen LogP contribution in [0.1, 0.15) is 48.0 Å². The van der Waals surface area contributed by atoms with Gasteiger partial charge in [0.2, 0.25) is 0 Å². The van der Waals surface area contributed by atoms with Crippen LogP contribution in [0.3, 0.4) is 0 Å². The van der Waals surface area contributed by atoms with E-state index in [9.17, 15) is 9.59 Å². The van der Waals surface area contributed by atoms with E-state index in [1.807, 2.05) is 41.5 Å². The molecule has 0 saturated carbocycles. The molecule has 0 aromatic carbocycles. The SMILES string of the molecule is CC(C)(C)CNOC(=O)CC(=O)ONCC(C)(C)C. The summed E-state index contributed by atoms with van der Waals surface area (Å²) in [5.74, 6) is -1.32. The molecule has 6 nitrogen and oxygen atoms in total. The number of carbonyl (C=O) groups excluding carboxylic acids is 2. The molecular weight excluding hydrogens is 248 g/mol. The van der Waals surface area contributed by atoms with Gasteiger partial charge in [-0.3, -0.25) is 0 Å². The Hall–Kier alpha value is -1.14. The average molecular weight is 274 g/mol. The van der Waals surface area contributed by atoms with Crippen LogP contribution in [-0.4, -0.2) is 25.0 Å². The number of nitrogens with one attached hydrogen (secondary N) is 2. The summed E-state index contributed by atoms with van der Waals surface area (Å²) in [5.41, 5.74) is 5.06. The molecule has 19 heavy (non-hydrogen) atoms. The molecule has 0 aromatic rings. The molecule has 0 unspecified atom stereocenters. The Morgan fingerprint density at radius 3 is 1.37 bits per heavy atom. The third-order valence-electron chi connectivity index (χ3n) is 1.87. The summed E-state index contributed by atoms with van der Waals surface area (Å²) in [6, 6.07) is 0. The first kappa shape index (κ1) is 17.9. The summed E-state index contributed by atoms with van der Waals surface area (Å²) < 4.78 is 0. The van der Waals surface area contributed by atoms with Crippen LogP contribution in [0.5, 0.6) is 0 Å². The molecule has 0 amide bonds. The summed E-state index contributed by atoms with van der Waals surface area (Å²) in [5, 5.41) is 0. The maximum Gasteiger partial charge on any atom is 0.335 e. The number of hydroxylamine groups is 2. The molecule has 0 heterocycles. The van der Waals surface area contributed by atoms with Gasteiger partial charge in [-0.05, 0) is 10.8 Å². The molecule has 0 bridgehead atoms. The van der Waals surface area contributed by atoms with E-state index >= 15 is 0 Å². The summed E-state index contributed by atoms with van der Waals surface area (Å²) in [4.78, 5) is 32.0. The van der Waals surface area contributed by atoms with Crippen LogP contribution in [-0.2, 0) is 19.3 Å². The Morgan fingerprint density at radius 1 is 0.789 bits per heavy atom. The fourth-order valence-electron chi connectivity index (χ4n) is 0.856. The van der Waals surface area contributed by atoms with Gasteiger partial charge in [0, 0.05) is 13.1 Å². The van der Waals surface area contributed by atoms with E-state index in [1.54, 1.807) is 0 Å². The van der Waals surface area contributed by atoms with Crippen molar-refractivity contribution in [2.45, 2.75) is 48.0 Å². The van der Waals surface area contributed by atoms with E-state index in [0.29, 0.717) is 13.1 Å². The molecule has 0 aliphatic rings. The van der Waals surface area contributed by atoms with Crippen molar-refractivity contribution < 1.29 is 19.3 Å². The van der Waals surface area contributed by atoms with Gasteiger partial charge in [0.05, 0.1) is 0 Å². The zero-order valence-corrected chi connectivity index (χ0v) is 12.8. The van der Waals surface area contributed by atoms with Crippen LogP contribution in [0.15, 0.2) is 0 Å². The van der Waals surface area contributed by atoms with Gasteiger partial charge in [-0.25, -0.2) is 9.59 Å². The summed E-state index contributed by atoms with van der Waals surface area (Å²) in [6.07, 6.45) is -0.422. The molecule has 6 heteroatoms. The van der Waals surface area contributed by atoms with Crippen molar-refractivity contribution in [1.82, 2.24) is 11.0 Å². The predicted octanol–water partition coefficient (Wildman–Crippen LogP) is 1.56. The molecule has 0 aliphatic carbocycles. The molecule has 0 fully saturated rings. The monoisotopic (exact) mass is 274 g/mol. The average Bonchev–Trinajstić information content (AvgIpc) is 2.12. The second-order valence-corrected chi connectivity index (χ2v) is 6.89. The summed E-state index contributed by atoms with van der Waals surface area (Å²) in [7, 11) is 0. The molecule has 0 aliphatic heterocycles. The van der Waals surface area contributed by atoms with E-state index in [-0.39, 0.29) is 10.8 Å². The van der Waals surface area contributed by atoms with Gasteiger partial charge in [-0.2, -0.15) is 11.0 Å². The number of hydrogen-bond donors (Lipinski definition) is 2. The summed E-state index contributed by atoms with van der Waals surface area (Å²) >= 11 is 0. The zero-order valence-electron chi connectivity index (χ0n) is 12.8. The molecule has 0 saturated heterocycles. The summed E-state index contributed by atoms with van der Waals surface area (Å²) in [6.45, 7) is 13.0. The fraction of sp³-hybridized carbons (Fsp3) is 0.846. The van der Waals surface area contributed by atoms with Crippen LogP contribution in [0.25, 0.3) is 0 Å². The molecule has 2 N–H and O–H groups in total. The Kier molecular flexibility index (Phi) is 7.00. The minimum atomic E-state index is -0.660. The van der Waals surface area contributed by atoms with E-state index in [4.69, 9.17) is 9.68 Å². The maximum absolute atomic E-state index is 11.3. The topological polar surface area (TPSA) is 76.7 Å². The Balaban J connectivity index is 3.73. The Bertz CT molecular complexity index is 273. The minimum absolute atomic E-state index is 0.00491. The van der Waals surface area contributed by atoms with E-state index in [2.05, 4.69) is 11.0 Å². The lowest BCUT2D eigenvalue weighted by Gasteiger charge is -2.18. The first-order valence-electron chi connectivity index (χ1n) is 6.35. The first-order chi connectivity index (χ1) is 8.49. The van der Waals surface area contributed by atoms with Crippen LogP contribution >= 0.6 is 0 Å². The van der Waals surface area contributed by atoms with Crippen LogP contribution < -0.4 is 11.0 Å². The Labute approximate surface area is 115 Å². The smallest absolute Gasteiger partial charge is 0.335 e. The maximum atomic E-state index is 11.3. The third-order valence-corrected chi connectivity index (χ3v) is 1.87. The van der Waals surface area contributed by atoms with Crippen molar-refractivity contribution in [3.8, 4) is 0 Å². The molecule has 112 valence electrons. The van der Waals surface area contributed by atoms with E-state index in [1.165, 1.54) is 0 Å². The molecular formula is C13H26N2O4. The second-order valence-electron chi connectivity index (χ2n) is 6.89. The van der Waals surface area contributed by atoms with Gasteiger partial charge in [0.25, 0.3) is 0 Å². The van der Waals surface area contributed by atoms with Gasteiger partial charge in [-0.15, -0.1) is 0 Å². The largest absolute Gasteiger partial charge is 0.370 e. The van der Waals surface area contributed by atoms with Crippen molar-refractivity contribution in [1.29, 1.82) is 0 Å². The fourth-order valence-corrected chi connectivity index (χ4v) is 0.856. The number of hydrogen-bond acceptors (Lipinski definition) is 6. The van der Waals surface area contributed by atoms with Crippen LogP contribution in [0.4, 0.5) is 0 Å². The predicted molar refractivity (Wildman–Crippen MR) is 71.7 cm³/mol. The molecule has 0 rings (SSSR count). The highest BCUT2D eigenvalue weighted by atomic mass is 16.7. The van der Waals surface area contributed by atoms with E-state index in [0.717, 1.165) is 0 Å². The highest BCUT2D eigenvalue weighted by molar-refractivity contribution is 5.90. The minimum Gasteiger partial charge on any atom is -0.370 e. The molecule has 0 aromatic heterocycles. The van der Waals surface area contributed by atoms with Crippen molar-refractivity contribution >= 4 is 11.9 Å². The van der Waals surface area contributed by atoms with Crippen molar-refractivity contribution in [2.75, 3.05) is 13.1 Å². The van der Waals surface area contributed by atoms with E-state index < -0.39 is 18.4 Å². The van der Waals surface area contributed by atoms with Gasteiger partial charge >= 0.3 is 11.9 Å². The van der Waals surface area contributed by atoms with Gasteiger partial charge in [0.1, 0.15) is 6.42 Å². The highest BCUT2D eigenvalue weighted by Gasteiger charge is 2.16. The second kappa shape index (κ2) is 7.45. The third kappa shape index (κ3) is 13.1. The standard InChI is InChI=1S/C13H26N2O4/c1-12(2,3)8-14-18-10(16)7-11(17)19-15-9-13(4,5)6/h14-15H,7-9H2,1-6H3. The molecule has 0 atom stereocenters. The number of carbonyl (C=O) groups is 2. The first-order valence-corrected chi connectivity index (χ1v) is 6.35. The lowest BCUT2D eigenvalue weighted by Crippen LogP contribution is -2.32. The van der Waals surface area contributed by atoms with Gasteiger partial charge in [0.15, 0.2) is 0 Å². The molecule has 0 spiro atoms. The lowest BCUT2D eigenvalue weighted by molar-refractivity contribution is -0.163. The van der Waals surface area contributed by atoms with Crippen molar-refractivity contribution in [2.24, 2.45) is 10.8 Å². The van der Waals surface area contributed by atoms with Gasteiger partial charge in [-0.1, -0.05) is 41.5 Å². The Morgan fingerprint density at radius 2 is 1.11 bits per heavy atom. The van der Waals surface area contributed by atoms with Crippen molar-refractivity contribution in [3.05, 3.63) is 0 Å². The zero-order chi connectivity index (χ0) is 15.1. The molecule has 0 radical (unpaired) electrons.